The zero-order valence-corrected chi connectivity index (χ0v) is 16.4. The van der Waals surface area contributed by atoms with Crippen molar-refractivity contribution < 1.29 is 0 Å². The summed E-state index contributed by atoms with van der Waals surface area (Å²) in [5, 5.41) is 13.3. The van der Waals surface area contributed by atoms with Crippen LogP contribution in [0.15, 0.2) is 65.6 Å². The molecule has 4 aromatic rings. The Labute approximate surface area is 173 Å². The summed E-state index contributed by atoms with van der Waals surface area (Å²) in [6.45, 7) is 1.97. The Hall–Kier alpha value is -4.18. The molecule has 0 saturated carbocycles. The number of nitrogens with one attached hydrogen (secondary N) is 2. The zero-order chi connectivity index (χ0) is 21.1. The summed E-state index contributed by atoms with van der Waals surface area (Å²) in [7, 11) is 0. The molecule has 0 radical (unpaired) electrons. The molecule has 0 spiro atoms. The Kier molecular flexibility index (Phi) is 5.14. The number of benzene rings is 2. The largest absolute Gasteiger partial charge is 0.368 e. The smallest absolute Gasteiger partial charge is 0.222 e. The summed E-state index contributed by atoms with van der Waals surface area (Å²) in [6, 6.07) is 18.8. The predicted octanol–water partition coefficient (Wildman–Crippen LogP) is 4.00. The fourth-order valence-electron chi connectivity index (χ4n) is 3.55. The molecule has 4 N–H and O–H groups in total. The Morgan fingerprint density at radius 1 is 1.17 bits per heavy atom. The van der Waals surface area contributed by atoms with Crippen LogP contribution in [-0.2, 0) is 0 Å². The summed E-state index contributed by atoms with van der Waals surface area (Å²) in [5.41, 5.74) is 8.91. The highest BCUT2D eigenvalue weighted by molar-refractivity contribution is 5.83. The molecule has 0 fully saturated rings. The zero-order valence-electron chi connectivity index (χ0n) is 16.4. The van der Waals surface area contributed by atoms with Gasteiger partial charge in [0, 0.05) is 16.5 Å². The van der Waals surface area contributed by atoms with Crippen LogP contribution in [0.2, 0.25) is 0 Å². The number of H-pyrrole nitrogens is 1. The molecule has 7 nitrogen and oxygen atoms in total. The number of nitrogens with zero attached hydrogens (tertiary/aromatic N) is 3. The number of aromatic amines is 1. The lowest BCUT2D eigenvalue weighted by Gasteiger charge is -2.22. The number of hydrogen-bond acceptors (Lipinski definition) is 6. The fourth-order valence-corrected chi connectivity index (χ4v) is 3.55. The molecule has 1 unspecified atom stereocenters. The first kappa shape index (κ1) is 19.2. The van der Waals surface area contributed by atoms with Crippen LogP contribution in [0.25, 0.3) is 22.2 Å². The summed E-state index contributed by atoms with van der Waals surface area (Å²) < 4.78 is 0. The summed E-state index contributed by atoms with van der Waals surface area (Å²) in [4.78, 5) is 25.0. The van der Waals surface area contributed by atoms with E-state index in [0.29, 0.717) is 23.2 Å². The number of hydrogen-bond donors (Lipinski definition) is 3. The number of nitrogen functional groups attached to an aromatic ring is 1. The third kappa shape index (κ3) is 3.47. The number of para-hydroxylation sites is 1. The number of pyridine rings is 1. The Balaban J connectivity index is 1.94. The van der Waals surface area contributed by atoms with Gasteiger partial charge in [-0.3, -0.25) is 4.79 Å². The molecule has 1 atom stereocenters. The molecule has 148 valence electrons. The lowest BCUT2D eigenvalue weighted by Crippen LogP contribution is -2.23. The van der Waals surface area contributed by atoms with E-state index in [2.05, 4.69) is 26.3 Å². The molecule has 2 aromatic heterocycles. The van der Waals surface area contributed by atoms with Crippen LogP contribution in [0.1, 0.15) is 30.5 Å². The van der Waals surface area contributed by atoms with Crippen molar-refractivity contribution in [3.05, 3.63) is 82.1 Å². The second kappa shape index (κ2) is 8.05. The number of anilines is 2. The van der Waals surface area contributed by atoms with Crippen molar-refractivity contribution >= 4 is 22.7 Å². The van der Waals surface area contributed by atoms with E-state index < -0.39 is 6.04 Å². The van der Waals surface area contributed by atoms with Crippen LogP contribution < -0.4 is 16.5 Å². The Morgan fingerprint density at radius 3 is 2.63 bits per heavy atom. The van der Waals surface area contributed by atoms with E-state index in [9.17, 15) is 10.1 Å². The molecule has 2 heterocycles. The van der Waals surface area contributed by atoms with Crippen molar-refractivity contribution in [2.24, 2.45) is 0 Å². The van der Waals surface area contributed by atoms with Crippen molar-refractivity contribution in [2.75, 3.05) is 11.1 Å². The van der Waals surface area contributed by atoms with Crippen molar-refractivity contribution in [1.29, 1.82) is 5.26 Å². The SMILES string of the molecule is CCC(Nc1nc(N)ncc1C#N)c1c(-c2ccccc2)[nH]c2ccccc2c1=O. The highest BCUT2D eigenvalue weighted by Gasteiger charge is 2.22. The summed E-state index contributed by atoms with van der Waals surface area (Å²) in [6.07, 6.45) is 1.97. The second-order valence-corrected chi connectivity index (χ2v) is 6.86. The molecule has 0 aliphatic carbocycles. The maximum absolute atomic E-state index is 13.6. The standard InChI is InChI=1S/C23H20N6O/c1-2-17(28-22-15(12-24)13-26-23(25)29-22)19-20(14-8-4-3-5-9-14)27-18-11-7-6-10-16(18)21(19)30/h3-11,13,17H,2H2,1H3,(H,27,30)(H3,25,26,28,29). The molecule has 0 amide bonds. The maximum Gasteiger partial charge on any atom is 0.222 e. The normalized spacial score (nSPS) is 11.7. The van der Waals surface area contributed by atoms with Crippen LogP contribution in [0.4, 0.5) is 11.8 Å². The van der Waals surface area contributed by atoms with Gasteiger partial charge >= 0.3 is 0 Å². The summed E-state index contributed by atoms with van der Waals surface area (Å²) in [5.74, 6) is 0.366. The van der Waals surface area contributed by atoms with Gasteiger partial charge in [-0.2, -0.15) is 10.2 Å². The third-order valence-corrected chi connectivity index (χ3v) is 5.00. The lowest BCUT2D eigenvalue weighted by atomic mass is 9.95. The van der Waals surface area contributed by atoms with Crippen LogP contribution in [0, 0.1) is 11.3 Å². The minimum atomic E-state index is -0.394. The van der Waals surface area contributed by atoms with Gasteiger partial charge in [0.1, 0.15) is 17.5 Å². The minimum absolute atomic E-state index is 0.0575. The fraction of sp³-hybridized carbons (Fsp3) is 0.130. The van der Waals surface area contributed by atoms with Crippen molar-refractivity contribution in [3.63, 3.8) is 0 Å². The van der Waals surface area contributed by atoms with Crippen LogP contribution in [0.5, 0.6) is 0 Å². The van der Waals surface area contributed by atoms with Crippen molar-refractivity contribution in [2.45, 2.75) is 19.4 Å². The second-order valence-electron chi connectivity index (χ2n) is 6.86. The van der Waals surface area contributed by atoms with E-state index in [1.807, 2.05) is 61.5 Å². The van der Waals surface area contributed by atoms with E-state index in [0.717, 1.165) is 16.8 Å². The van der Waals surface area contributed by atoms with Gasteiger partial charge in [-0.15, -0.1) is 0 Å². The van der Waals surface area contributed by atoms with Gasteiger partial charge in [0.25, 0.3) is 0 Å². The van der Waals surface area contributed by atoms with Gasteiger partial charge in [0.2, 0.25) is 5.95 Å². The van der Waals surface area contributed by atoms with Crippen LogP contribution >= 0.6 is 0 Å². The molecular weight excluding hydrogens is 376 g/mol. The predicted molar refractivity (Wildman–Crippen MR) is 118 cm³/mol. The van der Waals surface area contributed by atoms with Gasteiger partial charge in [0.05, 0.1) is 17.9 Å². The van der Waals surface area contributed by atoms with Gasteiger partial charge in [-0.25, -0.2) is 4.98 Å². The van der Waals surface area contributed by atoms with E-state index in [1.54, 1.807) is 0 Å². The van der Waals surface area contributed by atoms with Gasteiger partial charge in [-0.1, -0.05) is 49.4 Å². The number of nitrogens with two attached hydrogens (primary N) is 1. The van der Waals surface area contributed by atoms with Gasteiger partial charge in [-0.05, 0) is 24.1 Å². The Morgan fingerprint density at radius 2 is 1.90 bits per heavy atom. The number of rotatable bonds is 5. The topological polar surface area (TPSA) is 120 Å². The molecule has 30 heavy (non-hydrogen) atoms. The van der Waals surface area contributed by atoms with E-state index in [1.165, 1.54) is 6.20 Å². The number of fused-ring (bicyclic) bond motifs is 1. The lowest BCUT2D eigenvalue weighted by molar-refractivity contribution is 0.738. The third-order valence-electron chi connectivity index (χ3n) is 5.00. The first-order valence-electron chi connectivity index (χ1n) is 9.61. The van der Waals surface area contributed by atoms with Crippen molar-refractivity contribution in [1.82, 2.24) is 15.0 Å². The molecule has 0 bridgehead atoms. The first-order chi connectivity index (χ1) is 14.6. The molecule has 4 rings (SSSR count). The summed E-state index contributed by atoms with van der Waals surface area (Å²) >= 11 is 0. The highest BCUT2D eigenvalue weighted by atomic mass is 16.1. The van der Waals surface area contributed by atoms with E-state index >= 15 is 0 Å². The highest BCUT2D eigenvalue weighted by Crippen LogP contribution is 2.30. The molecule has 0 saturated heterocycles. The molecule has 0 aliphatic rings. The average Bonchev–Trinajstić information content (AvgIpc) is 2.78. The molecule has 7 heteroatoms. The Bertz CT molecular complexity index is 1310. The molecular formula is C23H20N6O. The first-order valence-corrected chi connectivity index (χ1v) is 9.61. The quantitative estimate of drug-likeness (QED) is 0.469. The average molecular weight is 396 g/mol. The maximum atomic E-state index is 13.6. The van der Waals surface area contributed by atoms with Crippen molar-refractivity contribution in [3.8, 4) is 17.3 Å². The van der Waals surface area contributed by atoms with Gasteiger partial charge < -0.3 is 16.0 Å². The number of aromatic nitrogens is 3. The number of nitriles is 1. The monoisotopic (exact) mass is 396 g/mol. The molecule has 0 aliphatic heterocycles. The van der Waals surface area contributed by atoms with E-state index in [-0.39, 0.29) is 16.9 Å². The molecule has 2 aromatic carbocycles. The van der Waals surface area contributed by atoms with Crippen LogP contribution in [0.3, 0.4) is 0 Å². The van der Waals surface area contributed by atoms with Gasteiger partial charge in [0.15, 0.2) is 5.43 Å². The minimum Gasteiger partial charge on any atom is -0.368 e. The van der Waals surface area contributed by atoms with E-state index in [4.69, 9.17) is 5.73 Å². The van der Waals surface area contributed by atoms with Crippen LogP contribution in [-0.4, -0.2) is 15.0 Å².